The minimum Gasteiger partial charge on any atom is -0.490 e. The minimum atomic E-state index is -0.693. The smallest absolute Gasteiger partial charge is 0.338 e. The van der Waals surface area contributed by atoms with Gasteiger partial charge < -0.3 is 9.47 Å². The van der Waals surface area contributed by atoms with Gasteiger partial charge in [0.2, 0.25) is 0 Å². The lowest BCUT2D eigenvalue weighted by atomic mass is 10.0. The first-order chi connectivity index (χ1) is 20.8. The van der Waals surface area contributed by atoms with E-state index < -0.39 is 16.9 Å². The van der Waals surface area contributed by atoms with Crippen molar-refractivity contribution in [2.24, 2.45) is 4.99 Å². The van der Waals surface area contributed by atoms with Crippen LogP contribution in [-0.2, 0) is 9.53 Å². The van der Waals surface area contributed by atoms with Crippen LogP contribution in [-0.4, -0.2) is 39.5 Å². The molecule has 43 heavy (non-hydrogen) atoms. The van der Waals surface area contributed by atoms with Crippen LogP contribution in [0.3, 0.4) is 0 Å². The molecule has 4 heterocycles. The van der Waals surface area contributed by atoms with Gasteiger partial charge in [-0.25, -0.2) is 14.5 Å². The number of nitro groups is 1. The first-order valence-electron chi connectivity index (χ1n) is 12.9. The van der Waals surface area contributed by atoms with Gasteiger partial charge in [-0.2, -0.15) is 5.10 Å². The van der Waals surface area contributed by atoms with Crippen LogP contribution in [0.4, 0.5) is 5.69 Å². The number of hydrogen-bond donors (Lipinski definition) is 0. The first-order valence-corrected chi connectivity index (χ1v) is 14.6. The van der Waals surface area contributed by atoms with Gasteiger partial charge in [0.15, 0.2) is 10.6 Å². The molecule has 1 aliphatic heterocycles. The summed E-state index contributed by atoms with van der Waals surface area (Å²) in [5, 5.41) is 18.4. The van der Waals surface area contributed by atoms with Crippen LogP contribution in [0.5, 0.6) is 5.75 Å². The molecule has 3 aromatic heterocycles. The van der Waals surface area contributed by atoms with Crippen molar-refractivity contribution >= 4 is 40.4 Å². The lowest BCUT2D eigenvalue weighted by molar-refractivity contribution is -0.385. The number of rotatable bonds is 7. The summed E-state index contributed by atoms with van der Waals surface area (Å²) in [7, 11) is 2.67. The van der Waals surface area contributed by atoms with E-state index in [1.807, 2.05) is 47.8 Å². The maximum atomic E-state index is 14.0. The third-order valence-electron chi connectivity index (χ3n) is 6.94. The fourth-order valence-corrected chi connectivity index (χ4v) is 6.82. The summed E-state index contributed by atoms with van der Waals surface area (Å²) in [5.41, 5.74) is 2.46. The predicted octanol–water partition coefficient (Wildman–Crippen LogP) is 4.24. The molecule has 216 valence electrons. The van der Waals surface area contributed by atoms with E-state index >= 15 is 0 Å². The molecular formula is C30H23N5O6S2. The summed E-state index contributed by atoms with van der Waals surface area (Å²) in [6.07, 6.45) is 3.46. The number of methoxy groups -OCH3 is 2. The van der Waals surface area contributed by atoms with Gasteiger partial charge in [0.25, 0.3) is 5.56 Å². The Bertz CT molecular complexity index is 2090. The van der Waals surface area contributed by atoms with Gasteiger partial charge in [0.1, 0.15) is 11.7 Å². The number of aromatic nitrogens is 3. The summed E-state index contributed by atoms with van der Waals surface area (Å²) in [6, 6.07) is 17.0. The van der Waals surface area contributed by atoms with Crippen molar-refractivity contribution in [2.45, 2.75) is 13.0 Å². The molecule has 0 radical (unpaired) electrons. The summed E-state index contributed by atoms with van der Waals surface area (Å²) < 4.78 is 13.8. The van der Waals surface area contributed by atoms with Crippen LogP contribution < -0.4 is 19.6 Å². The van der Waals surface area contributed by atoms with Gasteiger partial charge in [-0.3, -0.25) is 19.5 Å². The lowest BCUT2D eigenvalue weighted by Crippen LogP contribution is -2.39. The van der Waals surface area contributed by atoms with Gasteiger partial charge in [-0.1, -0.05) is 35.6 Å². The zero-order valence-corrected chi connectivity index (χ0v) is 24.7. The van der Waals surface area contributed by atoms with Crippen LogP contribution in [0.15, 0.2) is 93.3 Å². The largest absolute Gasteiger partial charge is 0.490 e. The second-order valence-corrected chi connectivity index (χ2v) is 11.4. The molecule has 0 saturated heterocycles. The van der Waals surface area contributed by atoms with Crippen molar-refractivity contribution in [3.8, 4) is 22.7 Å². The number of nitrogens with zero attached hydrogens (tertiary/aromatic N) is 5. The SMILES string of the molecule is COC(=O)C1=C(C)N=c2s/c(=C\c3cn(-c4ccccc4)nc3-c3ccc(OC)c([N+](=O)[O-])c3)c(=O)n2C1c1cccs1. The van der Waals surface area contributed by atoms with E-state index in [9.17, 15) is 19.7 Å². The highest BCUT2D eigenvalue weighted by Gasteiger charge is 2.33. The van der Waals surface area contributed by atoms with E-state index in [0.29, 0.717) is 37.4 Å². The second-order valence-electron chi connectivity index (χ2n) is 9.45. The number of carbonyl (C=O) groups is 1. The summed E-state index contributed by atoms with van der Waals surface area (Å²) in [4.78, 5) is 44.0. The highest BCUT2D eigenvalue weighted by atomic mass is 32.1. The van der Waals surface area contributed by atoms with Gasteiger partial charge in [-0.15, -0.1) is 11.3 Å². The Balaban J connectivity index is 1.58. The number of carbonyl (C=O) groups excluding carboxylic acids is 1. The molecule has 0 spiro atoms. The van der Waals surface area contributed by atoms with Gasteiger partial charge >= 0.3 is 11.7 Å². The number of para-hydroxylation sites is 1. The number of thiophene rings is 1. The Morgan fingerprint density at radius 1 is 1.12 bits per heavy atom. The van der Waals surface area contributed by atoms with Crippen molar-refractivity contribution < 1.29 is 19.2 Å². The molecular weight excluding hydrogens is 590 g/mol. The monoisotopic (exact) mass is 613 g/mol. The molecule has 6 rings (SSSR count). The van der Waals surface area contributed by atoms with Crippen molar-refractivity contribution in [3.63, 3.8) is 0 Å². The van der Waals surface area contributed by atoms with Crippen molar-refractivity contribution in [2.75, 3.05) is 14.2 Å². The van der Waals surface area contributed by atoms with Crippen molar-refractivity contribution in [1.29, 1.82) is 0 Å². The Kier molecular flexibility index (Phi) is 7.34. The number of allylic oxidation sites excluding steroid dienone is 1. The number of nitro benzene ring substituents is 1. The van der Waals surface area contributed by atoms with Crippen LogP contribution in [0.2, 0.25) is 0 Å². The highest BCUT2D eigenvalue weighted by molar-refractivity contribution is 7.10. The third-order valence-corrected chi connectivity index (χ3v) is 8.85. The lowest BCUT2D eigenvalue weighted by Gasteiger charge is -2.22. The molecule has 11 nitrogen and oxygen atoms in total. The van der Waals surface area contributed by atoms with Crippen molar-refractivity contribution in [1.82, 2.24) is 14.3 Å². The van der Waals surface area contributed by atoms with Crippen LogP contribution in [0.25, 0.3) is 23.0 Å². The Morgan fingerprint density at radius 3 is 2.58 bits per heavy atom. The topological polar surface area (TPSA) is 131 Å². The van der Waals surface area contributed by atoms with E-state index in [4.69, 9.17) is 14.6 Å². The molecule has 0 bridgehead atoms. The number of esters is 1. The number of ether oxygens (including phenoxy) is 2. The molecule has 0 aliphatic carbocycles. The average molecular weight is 614 g/mol. The van der Waals surface area contributed by atoms with Crippen molar-refractivity contribution in [3.05, 3.63) is 124 Å². The third kappa shape index (κ3) is 4.98. The van der Waals surface area contributed by atoms with Crippen LogP contribution >= 0.6 is 22.7 Å². The van der Waals surface area contributed by atoms with Gasteiger partial charge in [-0.05, 0) is 48.7 Å². The molecule has 2 aromatic carbocycles. The van der Waals surface area contributed by atoms with E-state index in [1.54, 1.807) is 29.9 Å². The molecule has 1 atom stereocenters. The summed E-state index contributed by atoms with van der Waals surface area (Å²) >= 11 is 2.62. The van der Waals surface area contributed by atoms with Crippen LogP contribution in [0.1, 0.15) is 23.4 Å². The average Bonchev–Trinajstić information content (AvgIpc) is 3.76. The summed E-state index contributed by atoms with van der Waals surface area (Å²) in [5.74, 6) is -0.432. The molecule has 0 saturated carbocycles. The fourth-order valence-electron chi connectivity index (χ4n) is 4.96. The number of benzene rings is 2. The quantitative estimate of drug-likeness (QED) is 0.152. The molecule has 1 unspecified atom stereocenters. The molecule has 0 fully saturated rings. The molecule has 0 N–H and O–H groups in total. The van der Waals surface area contributed by atoms with Gasteiger partial charge in [0.05, 0.1) is 40.6 Å². The number of thiazole rings is 1. The molecule has 13 heteroatoms. The zero-order chi connectivity index (χ0) is 30.2. The standard InChI is InChI=1S/C30H23N5O6S2/c1-17-25(29(37)41-3)27(23-10-7-13-42-23)34-28(36)24(43-30(34)31-17)15-19-16-33(20-8-5-4-6-9-20)32-26(19)18-11-12-22(40-2)21(14-18)35(38)39/h4-16,27H,1-3H3/b24-15-. The Labute approximate surface area is 252 Å². The molecule has 0 amide bonds. The normalized spacial score (nSPS) is 14.8. The van der Waals surface area contributed by atoms with Crippen LogP contribution in [0, 0.1) is 10.1 Å². The van der Waals surface area contributed by atoms with E-state index in [0.717, 1.165) is 10.6 Å². The number of hydrogen-bond acceptors (Lipinski definition) is 10. The first kappa shape index (κ1) is 28.0. The van der Waals surface area contributed by atoms with E-state index in [2.05, 4.69) is 4.99 Å². The molecule has 1 aliphatic rings. The maximum Gasteiger partial charge on any atom is 0.338 e. The zero-order valence-electron chi connectivity index (χ0n) is 23.1. The highest BCUT2D eigenvalue weighted by Crippen LogP contribution is 2.35. The minimum absolute atomic E-state index is 0.122. The van der Waals surface area contributed by atoms with E-state index in [-0.39, 0.29) is 17.0 Å². The Morgan fingerprint density at radius 2 is 1.91 bits per heavy atom. The predicted molar refractivity (Wildman–Crippen MR) is 162 cm³/mol. The Hall–Kier alpha value is -5.14. The summed E-state index contributed by atoms with van der Waals surface area (Å²) in [6.45, 7) is 1.72. The second kappa shape index (κ2) is 11.3. The maximum absolute atomic E-state index is 14.0. The molecule has 5 aromatic rings. The fraction of sp³-hybridized carbons (Fsp3) is 0.133. The van der Waals surface area contributed by atoms with Gasteiger partial charge in [0, 0.05) is 28.3 Å². The van der Waals surface area contributed by atoms with E-state index in [1.165, 1.54) is 53.6 Å². The number of fused-ring (bicyclic) bond motifs is 1.